The van der Waals surface area contributed by atoms with Gasteiger partial charge in [0.05, 0.1) is 5.69 Å². The van der Waals surface area contributed by atoms with Crippen LogP contribution in [0.4, 0.5) is 0 Å². The van der Waals surface area contributed by atoms with Crippen molar-refractivity contribution in [1.82, 2.24) is 15.3 Å². The second-order valence-corrected chi connectivity index (χ2v) is 7.29. The lowest BCUT2D eigenvalue weighted by atomic mass is 10.2. The molecule has 2 heterocycles. The highest BCUT2D eigenvalue weighted by molar-refractivity contribution is 7.11. The molecule has 0 spiro atoms. The zero-order valence-corrected chi connectivity index (χ0v) is 14.6. The van der Waals surface area contributed by atoms with Crippen LogP contribution >= 0.6 is 22.9 Å². The van der Waals surface area contributed by atoms with Crippen LogP contribution in [0.25, 0.3) is 0 Å². The first-order chi connectivity index (χ1) is 10.1. The highest BCUT2D eigenvalue weighted by atomic mass is 35.5. The molecule has 0 amide bonds. The van der Waals surface area contributed by atoms with Crippen LogP contribution in [-0.2, 0) is 19.4 Å². The lowest BCUT2D eigenvalue weighted by Gasteiger charge is -2.12. The summed E-state index contributed by atoms with van der Waals surface area (Å²) in [6, 6.07) is 4.81. The molecule has 0 aliphatic carbocycles. The minimum absolute atomic E-state index is 0.418. The molecule has 0 aliphatic rings. The Kier molecular flexibility index (Phi) is 6.27. The Labute approximate surface area is 136 Å². The normalized spacial score (nSPS) is 12.8. The molecule has 1 unspecified atom stereocenters. The van der Waals surface area contributed by atoms with Crippen molar-refractivity contribution < 1.29 is 0 Å². The van der Waals surface area contributed by atoms with Crippen molar-refractivity contribution in [3.05, 3.63) is 38.6 Å². The van der Waals surface area contributed by atoms with Crippen LogP contribution in [0.3, 0.4) is 0 Å². The second kappa shape index (κ2) is 7.97. The molecule has 1 atom stereocenters. The number of nitrogens with one attached hydrogen (secondary N) is 2. The minimum atomic E-state index is 0.418. The van der Waals surface area contributed by atoms with E-state index >= 15 is 0 Å². The third-order valence-corrected chi connectivity index (χ3v) is 4.81. The fourth-order valence-electron chi connectivity index (χ4n) is 2.26. The van der Waals surface area contributed by atoms with Gasteiger partial charge in [0.15, 0.2) is 5.15 Å². The number of hydrogen-bond acceptors (Lipinski definition) is 3. The number of nitrogens with zero attached hydrogens (tertiary/aromatic N) is 1. The lowest BCUT2D eigenvalue weighted by Crippen LogP contribution is -2.27. The van der Waals surface area contributed by atoms with E-state index in [1.807, 2.05) is 11.3 Å². The quantitative estimate of drug-likeness (QED) is 0.750. The predicted molar refractivity (Wildman–Crippen MR) is 91.3 cm³/mol. The van der Waals surface area contributed by atoms with Crippen LogP contribution in [0, 0.1) is 6.92 Å². The number of aromatic amines is 1. The molecule has 0 aliphatic heterocycles. The number of aromatic nitrogens is 2. The van der Waals surface area contributed by atoms with Gasteiger partial charge in [-0.25, -0.2) is 4.98 Å². The third kappa shape index (κ3) is 5.13. The Morgan fingerprint density at radius 2 is 2.24 bits per heavy atom. The molecule has 2 rings (SSSR count). The van der Waals surface area contributed by atoms with Crippen molar-refractivity contribution in [2.75, 3.05) is 0 Å². The van der Waals surface area contributed by atoms with Gasteiger partial charge in [-0.05, 0) is 38.8 Å². The number of rotatable bonds is 8. The molecule has 5 heteroatoms. The van der Waals surface area contributed by atoms with Crippen LogP contribution in [0.5, 0.6) is 0 Å². The lowest BCUT2D eigenvalue weighted by molar-refractivity contribution is 0.543. The van der Waals surface area contributed by atoms with Crippen molar-refractivity contribution in [3.8, 4) is 0 Å². The van der Waals surface area contributed by atoms with Crippen molar-refractivity contribution in [1.29, 1.82) is 0 Å². The summed E-state index contributed by atoms with van der Waals surface area (Å²) in [7, 11) is 0. The van der Waals surface area contributed by atoms with Gasteiger partial charge in [0.25, 0.3) is 0 Å². The molecule has 2 N–H and O–H groups in total. The van der Waals surface area contributed by atoms with Gasteiger partial charge in [0.1, 0.15) is 5.82 Å². The van der Waals surface area contributed by atoms with Crippen molar-refractivity contribution >= 4 is 22.9 Å². The second-order valence-electron chi connectivity index (χ2n) is 5.55. The maximum atomic E-state index is 6.19. The first kappa shape index (κ1) is 16.5. The highest BCUT2D eigenvalue weighted by Gasteiger charge is 2.10. The summed E-state index contributed by atoms with van der Waals surface area (Å²) in [5.74, 6) is 1.00. The average Bonchev–Trinajstić information content (AvgIpc) is 3.00. The summed E-state index contributed by atoms with van der Waals surface area (Å²) in [4.78, 5) is 10.5. The topological polar surface area (TPSA) is 40.7 Å². The number of halogens is 1. The highest BCUT2D eigenvalue weighted by Crippen LogP contribution is 2.18. The van der Waals surface area contributed by atoms with Crippen molar-refractivity contribution in [3.63, 3.8) is 0 Å². The summed E-state index contributed by atoms with van der Waals surface area (Å²) in [6.45, 7) is 7.27. The van der Waals surface area contributed by atoms with E-state index in [1.165, 1.54) is 16.2 Å². The van der Waals surface area contributed by atoms with Gasteiger partial charge in [0.2, 0.25) is 0 Å². The number of imidazole rings is 1. The summed E-state index contributed by atoms with van der Waals surface area (Å²) in [5, 5.41) is 4.12. The number of unbranched alkanes of at least 4 members (excludes halogenated alkanes) is 1. The Morgan fingerprint density at radius 3 is 2.90 bits per heavy atom. The molecule has 0 bridgehead atoms. The molecule has 0 radical (unpaired) electrons. The van der Waals surface area contributed by atoms with Gasteiger partial charge in [-0.3, -0.25) is 0 Å². The van der Waals surface area contributed by atoms with E-state index in [2.05, 4.69) is 48.2 Å². The predicted octanol–water partition coefficient (Wildman–Crippen LogP) is 4.50. The van der Waals surface area contributed by atoms with E-state index < -0.39 is 0 Å². The Morgan fingerprint density at radius 1 is 1.43 bits per heavy atom. The summed E-state index contributed by atoms with van der Waals surface area (Å²) < 4.78 is 0. The molecular weight excluding hydrogens is 302 g/mol. The first-order valence-corrected chi connectivity index (χ1v) is 8.80. The molecule has 0 saturated heterocycles. The SMILES string of the molecule is CCCCc1nc(Cl)c(CNC(C)Cc2ccc(C)s2)[nH]1. The van der Waals surface area contributed by atoms with Crippen molar-refractivity contribution in [2.45, 2.75) is 59.0 Å². The number of thiophene rings is 1. The van der Waals surface area contributed by atoms with Crippen LogP contribution in [0.1, 0.15) is 48.0 Å². The van der Waals surface area contributed by atoms with Gasteiger partial charge >= 0.3 is 0 Å². The van der Waals surface area contributed by atoms with Crippen LogP contribution < -0.4 is 5.32 Å². The Bertz CT molecular complexity index is 562. The zero-order valence-electron chi connectivity index (χ0n) is 13.0. The van der Waals surface area contributed by atoms with E-state index in [4.69, 9.17) is 11.6 Å². The average molecular weight is 326 g/mol. The zero-order chi connectivity index (χ0) is 15.2. The summed E-state index contributed by atoms with van der Waals surface area (Å²) in [5.41, 5.74) is 0.997. The van der Waals surface area contributed by atoms with Crippen LogP contribution in [-0.4, -0.2) is 16.0 Å². The largest absolute Gasteiger partial charge is 0.344 e. The number of H-pyrrole nitrogens is 1. The van der Waals surface area contributed by atoms with Crippen molar-refractivity contribution in [2.24, 2.45) is 0 Å². The monoisotopic (exact) mass is 325 g/mol. The van der Waals surface area contributed by atoms with Gasteiger partial charge in [-0.2, -0.15) is 0 Å². The summed E-state index contributed by atoms with van der Waals surface area (Å²) >= 11 is 8.06. The first-order valence-electron chi connectivity index (χ1n) is 7.60. The van der Waals surface area contributed by atoms with E-state index in [-0.39, 0.29) is 0 Å². The number of aryl methyl sites for hydroxylation is 2. The fraction of sp³-hybridized carbons (Fsp3) is 0.562. The maximum absolute atomic E-state index is 6.19. The van der Waals surface area contributed by atoms with Gasteiger partial charge < -0.3 is 10.3 Å². The van der Waals surface area contributed by atoms with E-state index in [9.17, 15) is 0 Å². The van der Waals surface area contributed by atoms with Gasteiger partial charge in [-0.15, -0.1) is 11.3 Å². The molecule has 0 fully saturated rings. The Balaban J connectivity index is 1.83. The fourth-order valence-corrected chi connectivity index (χ4v) is 3.50. The van der Waals surface area contributed by atoms with Crippen LogP contribution in [0.15, 0.2) is 12.1 Å². The maximum Gasteiger partial charge on any atom is 0.151 e. The molecule has 3 nitrogen and oxygen atoms in total. The van der Waals surface area contributed by atoms with Gasteiger partial charge in [-0.1, -0.05) is 24.9 Å². The molecule has 2 aromatic heterocycles. The Hall–Kier alpha value is -0.840. The molecule has 116 valence electrons. The van der Waals surface area contributed by atoms with E-state index in [1.54, 1.807) is 0 Å². The molecule has 0 aromatic carbocycles. The molecule has 2 aromatic rings. The van der Waals surface area contributed by atoms with E-state index in [0.717, 1.165) is 37.3 Å². The number of hydrogen-bond donors (Lipinski definition) is 2. The minimum Gasteiger partial charge on any atom is -0.344 e. The van der Waals surface area contributed by atoms with E-state index in [0.29, 0.717) is 11.2 Å². The molecular formula is C16H24ClN3S. The standard InChI is InChI=1S/C16H24ClN3S/c1-4-5-6-15-19-14(16(17)20-15)10-18-11(2)9-13-8-7-12(3)21-13/h7-8,11,18H,4-6,9-10H2,1-3H3,(H,19,20). The smallest absolute Gasteiger partial charge is 0.151 e. The van der Waals surface area contributed by atoms with Crippen LogP contribution in [0.2, 0.25) is 5.15 Å². The summed E-state index contributed by atoms with van der Waals surface area (Å²) in [6.07, 6.45) is 4.33. The van der Waals surface area contributed by atoms with Gasteiger partial charge in [0, 0.05) is 28.8 Å². The third-order valence-electron chi connectivity index (χ3n) is 3.48. The molecule has 0 saturated carbocycles. The molecule has 21 heavy (non-hydrogen) atoms.